The Morgan fingerprint density at radius 1 is 0.929 bits per heavy atom. The maximum Gasteiger partial charge on any atom is 0.261 e. The van der Waals surface area contributed by atoms with Gasteiger partial charge in [0.05, 0.1) is 32.6 Å². The molecule has 1 aliphatic heterocycles. The van der Waals surface area contributed by atoms with Crippen LogP contribution in [0.5, 0.6) is 17.2 Å². The van der Waals surface area contributed by atoms with Gasteiger partial charge >= 0.3 is 0 Å². The number of allylic oxidation sites excluding steroid dienone is 1. The Bertz CT molecular complexity index is 1650. The first-order valence-corrected chi connectivity index (χ1v) is 13.6. The summed E-state index contributed by atoms with van der Waals surface area (Å²) in [7, 11) is 3.10. The molecule has 0 bridgehead atoms. The van der Waals surface area contributed by atoms with E-state index in [0.717, 1.165) is 0 Å². The van der Waals surface area contributed by atoms with E-state index in [2.05, 4.69) is 21.0 Å². The monoisotopic (exact) mass is 587 g/mol. The van der Waals surface area contributed by atoms with Crippen LogP contribution >= 0.6 is 11.6 Å². The lowest BCUT2D eigenvalue weighted by molar-refractivity contribution is -0.113. The van der Waals surface area contributed by atoms with Crippen LogP contribution in [0.25, 0.3) is 0 Å². The molecule has 3 N–H and O–H groups in total. The average Bonchev–Trinajstić information content (AvgIpc) is 3.41. The minimum atomic E-state index is -0.694. The first kappa shape index (κ1) is 28.6. The van der Waals surface area contributed by atoms with Gasteiger partial charge in [-0.2, -0.15) is 5.10 Å². The molecule has 0 saturated carbocycles. The largest absolute Gasteiger partial charge is 0.494 e. The van der Waals surface area contributed by atoms with E-state index in [1.807, 2.05) is 13.0 Å². The maximum absolute atomic E-state index is 13.8. The van der Waals surface area contributed by atoms with Crippen LogP contribution in [0.15, 0.2) is 84.2 Å². The highest BCUT2D eigenvalue weighted by atomic mass is 35.5. The molecule has 3 aromatic carbocycles. The summed E-state index contributed by atoms with van der Waals surface area (Å²) < 4.78 is 18.1. The average molecular weight is 588 g/mol. The van der Waals surface area contributed by atoms with Gasteiger partial charge in [0.15, 0.2) is 11.5 Å². The fourth-order valence-corrected chi connectivity index (χ4v) is 4.90. The summed E-state index contributed by atoms with van der Waals surface area (Å²) in [4.78, 5) is 27.2. The molecule has 10 nitrogen and oxygen atoms in total. The fourth-order valence-electron chi connectivity index (χ4n) is 4.78. The molecule has 0 saturated heterocycles. The molecule has 1 aromatic heterocycles. The van der Waals surface area contributed by atoms with Crippen molar-refractivity contribution < 1.29 is 23.8 Å². The Labute approximate surface area is 248 Å². The van der Waals surface area contributed by atoms with E-state index in [-0.39, 0.29) is 11.8 Å². The lowest BCUT2D eigenvalue weighted by atomic mass is 9.94. The van der Waals surface area contributed by atoms with Gasteiger partial charge in [0, 0.05) is 22.1 Å². The van der Waals surface area contributed by atoms with Crippen LogP contribution < -0.4 is 30.2 Å². The number of hydrogen-bond donors (Lipinski definition) is 3. The minimum Gasteiger partial charge on any atom is -0.494 e. The predicted octanol–water partition coefficient (Wildman–Crippen LogP) is 6.13. The number of anilines is 3. The topological polar surface area (TPSA) is 116 Å². The molecule has 0 spiro atoms. The van der Waals surface area contributed by atoms with Gasteiger partial charge in [0.25, 0.3) is 11.8 Å². The van der Waals surface area contributed by atoms with Crippen LogP contribution in [0.4, 0.5) is 17.2 Å². The summed E-state index contributed by atoms with van der Waals surface area (Å²) in [6, 6.07) is 18.7. The molecule has 0 unspecified atom stereocenters. The molecule has 1 atom stereocenters. The van der Waals surface area contributed by atoms with Crippen molar-refractivity contribution in [2.24, 2.45) is 0 Å². The number of fused-ring (bicyclic) bond motifs is 1. The highest BCUT2D eigenvalue weighted by Gasteiger charge is 2.36. The fraction of sp³-hybridized carbons (Fsp3) is 0.194. The number of nitrogens with one attached hydrogen (secondary N) is 3. The quantitative estimate of drug-likeness (QED) is 0.216. The van der Waals surface area contributed by atoms with Gasteiger partial charge in [-0.3, -0.25) is 9.59 Å². The zero-order valence-electron chi connectivity index (χ0n) is 23.5. The van der Waals surface area contributed by atoms with Gasteiger partial charge in [-0.15, -0.1) is 0 Å². The third kappa shape index (κ3) is 5.75. The van der Waals surface area contributed by atoms with Crippen molar-refractivity contribution in [1.29, 1.82) is 0 Å². The van der Waals surface area contributed by atoms with Gasteiger partial charge in [0.1, 0.15) is 23.2 Å². The molecule has 0 aliphatic carbocycles. The van der Waals surface area contributed by atoms with Gasteiger partial charge in [0.2, 0.25) is 0 Å². The normalized spacial score (nSPS) is 14.0. The van der Waals surface area contributed by atoms with E-state index in [1.54, 1.807) is 86.5 Å². The molecule has 2 heterocycles. The van der Waals surface area contributed by atoms with E-state index in [0.29, 0.717) is 68.5 Å². The van der Waals surface area contributed by atoms with Crippen LogP contribution in [0.2, 0.25) is 5.02 Å². The smallest absolute Gasteiger partial charge is 0.261 e. The molecule has 216 valence electrons. The van der Waals surface area contributed by atoms with Crippen LogP contribution in [0.3, 0.4) is 0 Å². The Kier molecular flexibility index (Phi) is 8.35. The second kappa shape index (κ2) is 12.3. The van der Waals surface area contributed by atoms with Crippen molar-refractivity contribution in [1.82, 2.24) is 9.78 Å². The number of hydrogen-bond acceptors (Lipinski definition) is 7. The van der Waals surface area contributed by atoms with E-state index in [1.165, 1.54) is 6.20 Å². The number of carbonyl (C=O) groups is 2. The summed E-state index contributed by atoms with van der Waals surface area (Å²) in [6.45, 7) is 4.24. The van der Waals surface area contributed by atoms with Crippen LogP contribution in [0.1, 0.15) is 35.8 Å². The van der Waals surface area contributed by atoms with Crippen molar-refractivity contribution in [2.75, 3.05) is 36.8 Å². The second-order valence-electron chi connectivity index (χ2n) is 9.40. The summed E-state index contributed by atoms with van der Waals surface area (Å²) in [5.41, 5.74) is 3.17. The standard InChI is InChI=1S/C31H30ClN5O5/c1-5-42-23-13-11-22(12-14-23)35-30(38)24-17-33-37-28(19-6-15-25(40-3)26(16-19)41-4)27(18(2)34-29(24)37)31(39)36-21-9-7-20(32)8-10-21/h6-17,28,34H,5H2,1-4H3,(H,35,38)(H,36,39)/t28-/m0/s1. The lowest BCUT2D eigenvalue weighted by Crippen LogP contribution is -2.32. The van der Waals surface area contributed by atoms with E-state index >= 15 is 0 Å². The number of benzene rings is 3. The van der Waals surface area contributed by atoms with Crippen LogP contribution in [-0.2, 0) is 4.79 Å². The van der Waals surface area contributed by atoms with Crippen molar-refractivity contribution in [3.05, 3.63) is 100 Å². The van der Waals surface area contributed by atoms with Gasteiger partial charge in [-0.1, -0.05) is 17.7 Å². The number of carbonyl (C=O) groups excluding carboxylic acids is 2. The van der Waals surface area contributed by atoms with Crippen molar-refractivity contribution in [2.45, 2.75) is 19.9 Å². The van der Waals surface area contributed by atoms with E-state index in [4.69, 9.17) is 25.8 Å². The number of amides is 2. The van der Waals surface area contributed by atoms with Crippen LogP contribution in [-0.4, -0.2) is 42.4 Å². The minimum absolute atomic E-state index is 0.311. The second-order valence-corrected chi connectivity index (χ2v) is 9.84. The molecular formula is C31H30ClN5O5. The molecule has 5 rings (SSSR count). The number of ether oxygens (including phenoxy) is 3. The molecule has 42 heavy (non-hydrogen) atoms. The SMILES string of the molecule is CCOc1ccc(NC(=O)c2cnn3c2NC(C)=C(C(=O)Nc2ccc(Cl)cc2)[C@@H]3c2ccc(OC)c(OC)c2)cc1. The summed E-state index contributed by atoms with van der Waals surface area (Å²) in [5, 5.41) is 14.2. The summed E-state index contributed by atoms with van der Waals surface area (Å²) >= 11 is 6.03. The number of methoxy groups -OCH3 is 2. The van der Waals surface area contributed by atoms with E-state index < -0.39 is 6.04 Å². The van der Waals surface area contributed by atoms with Gasteiger partial charge in [-0.25, -0.2) is 4.68 Å². The number of rotatable bonds is 9. The van der Waals surface area contributed by atoms with Gasteiger partial charge < -0.3 is 30.2 Å². The van der Waals surface area contributed by atoms with Crippen molar-refractivity contribution in [3.8, 4) is 17.2 Å². The zero-order chi connectivity index (χ0) is 29.8. The zero-order valence-corrected chi connectivity index (χ0v) is 24.3. The molecular weight excluding hydrogens is 558 g/mol. The molecule has 0 fully saturated rings. The van der Waals surface area contributed by atoms with Crippen molar-refractivity contribution in [3.63, 3.8) is 0 Å². The lowest BCUT2D eigenvalue weighted by Gasteiger charge is -2.30. The highest BCUT2D eigenvalue weighted by Crippen LogP contribution is 2.40. The van der Waals surface area contributed by atoms with Crippen molar-refractivity contribution >= 4 is 40.6 Å². The maximum atomic E-state index is 13.8. The molecule has 0 radical (unpaired) electrons. The Morgan fingerprint density at radius 2 is 1.57 bits per heavy atom. The third-order valence-electron chi connectivity index (χ3n) is 6.76. The first-order chi connectivity index (χ1) is 20.3. The molecule has 11 heteroatoms. The molecule has 4 aromatic rings. The number of halogens is 1. The Balaban J connectivity index is 1.53. The third-order valence-corrected chi connectivity index (χ3v) is 7.01. The van der Waals surface area contributed by atoms with Gasteiger partial charge in [-0.05, 0) is 80.1 Å². The molecule has 2 amide bonds. The van der Waals surface area contributed by atoms with E-state index in [9.17, 15) is 9.59 Å². The first-order valence-electron chi connectivity index (χ1n) is 13.2. The highest BCUT2D eigenvalue weighted by molar-refractivity contribution is 6.30. The summed E-state index contributed by atoms with van der Waals surface area (Å²) in [6.07, 6.45) is 1.48. The predicted molar refractivity (Wildman–Crippen MR) is 162 cm³/mol. The van der Waals surface area contributed by atoms with Crippen LogP contribution in [0, 0.1) is 0 Å². The molecule has 1 aliphatic rings. The number of nitrogens with zero attached hydrogens (tertiary/aromatic N) is 2. The summed E-state index contributed by atoms with van der Waals surface area (Å²) in [5.74, 6) is 1.48. The Morgan fingerprint density at radius 3 is 2.21 bits per heavy atom. The number of aromatic nitrogens is 2. The Hall–Kier alpha value is -4.96.